The van der Waals surface area contributed by atoms with Crippen molar-refractivity contribution < 1.29 is 4.79 Å². The van der Waals surface area contributed by atoms with E-state index in [1.54, 1.807) is 0 Å². The van der Waals surface area contributed by atoms with Crippen molar-refractivity contribution in [1.82, 2.24) is 15.1 Å². The Morgan fingerprint density at radius 1 is 1.12 bits per heavy atom. The van der Waals surface area contributed by atoms with Gasteiger partial charge in [0.25, 0.3) is 0 Å². The summed E-state index contributed by atoms with van der Waals surface area (Å²) in [5, 5.41) is 3.23. The monoisotopic (exact) mass is 341 g/mol. The van der Waals surface area contributed by atoms with Gasteiger partial charge in [0.2, 0.25) is 5.91 Å². The van der Waals surface area contributed by atoms with E-state index in [0.29, 0.717) is 12.6 Å². The quantitative estimate of drug-likeness (QED) is 0.914. The molecule has 3 aliphatic heterocycles. The van der Waals surface area contributed by atoms with E-state index in [4.69, 9.17) is 0 Å². The smallest absolute Gasteiger partial charge is 0.234 e. The maximum absolute atomic E-state index is 12.6. The molecule has 136 valence electrons. The lowest BCUT2D eigenvalue weighted by atomic mass is 9.89. The zero-order chi connectivity index (χ0) is 17.2. The number of nitrogens with one attached hydrogen (secondary N) is 1. The Morgan fingerprint density at radius 3 is 2.68 bits per heavy atom. The van der Waals surface area contributed by atoms with E-state index in [9.17, 15) is 4.79 Å². The molecule has 3 fully saturated rings. The molecule has 0 aromatic heterocycles. The molecule has 1 aliphatic carbocycles. The van der Waals surface area contributed by atoms with Crippen LogP contribution in [0.5, 0.6) is 0 Å². The Balaban J connectivity index is 1.35. The fourth-order valence-electron chi connectivity index (χ4n) is 4.75. The number of hydrogen-bond acceptors (Lipinski definition) is 3. The van der Waals surface area contributed by atoms with Gasteiger partial charge >= 0.3 is 0 Å². The van der Waals surface area contributed by atoms with Crippen LogP contribution in [-0.4, -0.2) is 54.5 Å². The van der Waals surface area contributed by atoms with Crippen LogP contribution in [0.2, 0.25) is 0 Å². The van der Waals surface area contributed by atoms with Gasteiger partial charge in [-0.15, -0.1) is 0 Å². The first-order chi connectivity index (χ1) is 12.2. The number of rotatable bonds is 4. The lowest BCUT2D eigenvalue weighted by Crippen LogP contribution is -2.44. The van der Waals surface area contributed by atoms with Gasteiger partial charge in [0.1, 0.15) is 0 Å². The van der Waals surface area contributed by atoms with Crippen LogP contribution >= 0.6 is 0 Å². The molecule has 5 rings (SSSR count). The lowest BCUT2D eigenvalue weighted by molar-refractivity contribution is -0.123. The maximum atomic E-state index is 12.6. The number of nitrogens with zero attached hydrogens (tertiary/aromatic N) is 2. The molecule has 4 heteroatoms. The Labute approximate surface area is 151 Å². The first kappa shape index (κ1) is 17.0. The Kier molecular flexibility index (Phi) is 5.09. The number of fused-ring (bicyclic) bond motifs is 5. The Hall–Kier alpha value is -1.39. The molecule has 1 aromatic carbocycles. The second kappa shape index (κ2) is 7.46. The first-order valence-electron chi connectivity index (χ1n) is 10.1. The molecule has 4 nitrogen and oxygen atoms in total. The molecule has 0 spiro atoms. The van der Waals surface area contributed by atoms with Crippen LogP contribution in [0, 0.1) is 0 Å². The van der Waals surface area contributed by atoms with Crippen LogP contribution in [0.3, 0.4) is 0 Å². The van der Waals surface area contributed by atoms with E-state index < -0.39 is 0 Å². The fourth-order valence-corrected chi connectivity index (χ4v) is 4.75. The molecule has 1 amide bonds. The highest BCUT2D eigenvalue weighted by molar-refractivity contribution is 5.78. The van der Waals surface area contributed by atoms with Crippen LogP contribution in [0.25, 0.3) is 0 Å². The second-order valence-electron chi connectivity index (χ2n) is 8.07. The van der Waals surface area contributed by atoms with Crippen LogP contribution in [0.4, 0.5) is 0 Å². The molecule has 2 bridgehead atoms. The first-order valence-corrected chi connectivity index (χ1v) is 10.1. The maximum Gasteiger partial charge on any atom is 0.234 e. The summed E-state index contributed by atoms with van der Waals surface area (Å²) in [7, 11) is 0. The molecule has 0 unspecified atom stereocenters. The Morgan fingerprint density at radius 2 is 1.88 bits per heavy atom. The summed E-state index contributed by atoms with van der Waals surface area (Å²) in [4.78, 5) is 17.5. The molecule has 0 saturated carbocycles. The van der Waals surface area contributed by atoms with E-state index in [-0.39, 0.29) is 11.9 Å². The van der Waals surface area contributed by atoms with Gasteiger partial charge < -0.3 is 10.2 Å². The fraction of sp³-hybridized carbons (Fsp3) is 0.667. The molecule has 25 heavy (non-hydrogen) atoms. The van der Waals surface area contributed by atoms with Crippen molar-refractivity contribution in [3.8, 4) is 0 Å². The van der Waals surface area contributed by atoms with Gasteiger partial charge in [-0.25, -0.2) is 0 Å². The van der Waals surface area contributed by atoms with E-state index in [1.807, 2.05) is 0 Å². The van der Waals surface area contributed by atoms with Gasteiger partial charge in [-0.3, -0.25) is 9.69 Å². The third kappa shape index (κ3) is 3.90. The third-order valence-electron chi connectivity index (χ3n) is 6.37. The summed E-state index contributed by atoms with van der Waals surface area (Å²) in [6, 6.07) is 7.49. The minimum atomic E-state index is 0.0896. The van der Waals surface area contributed by atoms with Crippen LogP contribution in [0.15, 0.2) is 18.2 Å². The average Bonchev–Trinajstić information content (AvgIpc) is 2.94. The molecular formula is C21H31N3O. The van der Waals surface area contributed by atoms with Gasteiger partial charge in [-0.05, 0) is 75.2 Å². The molecule has 1 aromatic rings. The lowest BCUT2D eigenvalue weighted by Gasteiger charge is -2.31. The molecule has 3 heterocycles. The van der Waals surface area contributed by atoms with Gasteiger partial charge in [-0.1, -0.05) is 18.2 Å². The largest absolute Gasteiger partial charge is 0.348 e. The summed E-state index contributed by atoms with van der Waals surface area (Å²) in [5.41, 5.74) is 4.24. The van der Waals surface area contributed by atoms with Crippen LogP contribution < -0.4 is 5.32 Å². The number of carbonyl (C=O) groups excluding carboxylic acids is 1. The van der Waals surface area contributed by atoms with Crippen molar-refractivity contribution in [2.24, 2.45) is 0 Å². The Bertz CT molecular complexity index is 622. The van der Waals surface area contributed by atoms with E-state index in [2.05, 4.69) is 40.2 Å². The average molecular weight is 341 g/mol. The van der Waals surface area contributed by atoms with E-state index in [1.165, 1.54) is 68.3 Å². The van der Waals surface area contributed by atoms with Crippen molar-refractivity contribution in [1.29, 1.82) is 0 Å². The number of benzene rings is 1. The zero-order valence-electron chi connectivity index (χ0n) is 15.5. The molecular weight excluding hydrogens is 310 g/mol. The predicted molar refractivity (Wildman–Crippen MR) is 101 cm³/mol. The van der Waals surface area contributed by atoms with Gasteiger partial charge in [-0.2, -0.15) is 0 Å². The summed E-state index contributed by atoms with van der Waals surface area (Å²) >= 11 is 0. The summed E-state index contributed by atoms with van der Waals surface area (Å²) in [6.07, 6.45) is 7.44. The molecule has 0 radical (unpaired) electrons. The minimum Gasteiger partial charge on any atom is -0.348 e. The SMILES string of the molecule is C[C@H](NC(=O)CN1CCN2CCC1CC2)c1ccc2c(c1)CCCC2. The highest BCUT2D eigenvalue weighted by Crippen LogP contribution is 2.25. The van der Waals surface area contributed by atoms with Crippen LogP contribution in [0.1, 0.15) is 55.3 Å². The predicted octanol–water partition coefficient (Wildman–Crippen LogP) is 2.52. The van der Waals surface area contributed by atoms with Gasteiger partial charge in [0, 0.05) is 19.1 Å². The number of carbonyl (C=O) groups is 1. The standard InChI is InChI=1S/C21H31N3O/c1-16(18-7-6-17-4-2-3-5-19(17)14-18)22-21(25)15-24-13-12-23-10-8-20(24)9-11-23/h6-7,14,16,20H,2-5,8-13,15H2,1H3,(H,22,25)/t16-/m0/s1. The third-order valence-corrected chi connectivity index (χ3v) is 6.37. The normalized spacial score (nSPS) is 27.4. The molecule has 3 saturated heterocycles. The summed E-state index contributed by atoms with van der Waals surface area (Å²) < 4.78 is 0. The van der Waals surface area contributed by atoms with Crippen molar-refractivity contribution in [2.45, 2.75) is 57.5 Å². The van der Waals surface area contributed by atoms with Crippen molar-refractivity contribution in [3.05, 3.63) is 34.9 Å². The molecule has 1 atom stereocenters. The van der Waals surface area contributed by atoms with E-state index >= 15 is 0 Å². The zero-order valence-corrected chi connectivity index (χ0v) is 15.5. The van der Waals surface area contributed by atoms with Gasteiger partial charge in [0.15, 0.2) is 0 Å². The highest BCUT2D eigenvalue weighted by atomic mass is 16.2. The minimum absolute atomic E-state index is 0.0896. The number of amides is 1. The molecule has 1 N–H and O–H groups in total. The van der Waals surface area contributed by atoms with Crippen molar-refractivity contribution >= 4 is 5.91 Å². The molecule has 4 aliphatic rings. The topological polar surface area (TPSA) is 35.6 Å². The number of aryl methyl sites for hydroxylation is 2. The number of piperidine rings is 1. The van der Waals surface area contributed by atoms with Crippen LogP contribution in [-0.2, 0) is 17.6 Å². The van der Waals surface area contributed by atoms with Crippen molar-refractivity contribution in [2.75, 3.05) is 32.7 Å². The van der Waals surface area contributed by atoms with Crippen molar-refractivity contribution in [3.63, 3.8) is 0 Å². The van der Waals surface area contributed by atoms with E-state index in [0.717, 1.165) is 13.1 Å². The summed E-state index contributed by atoms with van der Waals surface area (Å²) in [6.45, 7) is 7.22. The summed E-state index contributed by atoms with van der Waals surface area (Å²) in [5.74, 6) is 0.172. The number of hydrogen-bond donors (Lipinski definition) is 1. The van der Waals surface area contributed by atoms with Gasteiger partial charge in [0.05, 0.1) is 12.6 Å². The highest BCUT2D eigenvalue weighted by Gasteiger charge is 2.30. The second-order valence-corrected chi connectivity index (χ2v) is 8.07.